The maximum Gasteiger partial charge on any atom is 0.276 e. The number of hydrogen-bond donors (Lipinski definition) is 2. The van der Waals surface area contributed by atoms with Crippen LogP contribution in [0.25, 0.3) is 0 Å². The third-order valence-electron chi connectivity index (χ3n) is 2.37. The van der Waals surface area contributed by atoms with Gasteiger partial charge >= 0.3 is 0 Å². The van der Waals surface area contributed by atoms with E-state index in [4.69, 9.17) is 4.74 Å². The zero-order valence-corrected chi connectivity index (χ0v) is 10.4. The van der Waals surface area contributed by atoms with Crippen LogP contribution in [0, 0.1) is 11.6 Å². The maximum atomic E-state index is 12.7. The van der Waals surface area contributed by atoms with Crippen LogP contribution in [0.15, 0.2) is 48.5 Å². The van der Waals surface area contributed by atoms with E-state index in [1.54, 1.807) is 0 Å². The Kier molecular flexibility index (Phi) is 4.49. The van der Waals surface area contributed by atoms with Crippen molar-refractivity contribution >= 4 is 11.6 Å². The highest BCUT2D eigenvalue weighted by molar-refractivity contribution is 5.78. The van der Waals surface area contributed by atoms with Gasteiger partial charge in [0.25, 0.3) is 5.91 Å². The molecule has 0 radical (unpaired) electrons. The molecule has 0 heterocycles. The Balaban J connectivity index is 1.75. The van der Waals surface area contributed by atoms with Crippen LogP contribution >= 0.6 is 0 Å². The minimum absolute atomic E-state index is 0.222. The van der Waals surface area contributed by atoms with Gasteiger partial charge < -0.3 is 4.74 Å². The quantitative estimate of drug-likeness (QED) is 0.826. The molecule has 4 nitrogen and oxygen atoms in total. The molecule has 2 N–H and O–H groups in total. The van der Waals surface area contributed by atoms with Gasteiger partial charge in [-0.2, -0.15) is 0 Å². The van der Waals surface area contributed by atoms with Gasteiger partial charge in [-0.25, -0.2) is 8.78 Å². The zero-order chi connectivity index (χ0) is 14.4. The average Bonchev–Trinajstić information content (AvgIpc) is 2.46. The molecule has 1 amide bonds. The van der Waals surface area contributed by atoms with Crippen molar-refractivity contribution < 1.29 is 18.3 Å². The molecule has 2 aromatic carbocycles. The first-order valence-electron chi connectivity index (χ1n) is 5.82. The highest BCUT2D eigenvalue weighted by Crippen LogP contribution is 2.10. The minimum atomic E-state index is -0.418. The summed E-state index contributed by atoms with van der Waals surface area (Å²) in [6.07, 6.45) is 0. The number of carbonyl (C=O) groups excluding carboxylic acids is 1. The summed E-state index contributed by atoms with van der Waals surface area (Å²) in [5.74, 6) is -0.761. The SMILES string of the molecule is O=C(COc1ccc(F)cc1)NNc1ccc(F)cc1. The minimum Gasteiger partial charge on any atom is -0.484 e. The lowest BCUT2D eigenvalue weighted by atomic mass is 10.3. The number of anilines is 1. The monoisotopic (exact) mass is 278 g/mol. The van der Waals surface area contributed by atoms with Crippen molar-refractivity contribution in [1.82, 2.24) is 5.43 Å². The molecule has 0 unspecified atom stereocenters. The first kappa shape index (κ1) is 13.8. The molecule has 0 saturated carbocycles. The molecule has 6 heteroatoms. The Hall–Kier alpha value is -2.63. The molecule has 2 rings (SSSR count). The summed E-state index contributed by atoms with van der Waals surface area (Å²) in [4.78, 5) is 11.5. The van der Waals surface area contributed by atoms with Crippen molar-refractivity contribution in [2.24, 2.45) is 0 Å². The Bertz CT molecular complexity index is 519. The fourth-order valence-electron chi connectivity index (χ4n) is 1.39. The number of amides is 1. The molecular weight excluding hydrogens is 266 g/mol. The number of hydrazine groups is 1. The number of rotatable bonds is 5. The molecule has 0 aliphatic rings. The van der Waals surface area contributed by atoms with E-state index in [0.29, 0.717) is 11.4 Å². The lowest BCUT2D eigenvalue weighted by molar-refractivity contribution is -0.122. The molecule has 0 aliphatic heterocycles. The summed E-state index contributed by atoms with van der Waals surface area (Å²) >= 11 is 0. The highest BCUT2D eigenvalue weighted by Gasteiger charge is 2.02. The van der Waals surface area contributed by atoms with Crippen LogP contribution in [0.2, 0.25) is 0 Å². The van der Waals surface area contributed by atoms with E-state index in [1.807, 2.05) is 0 Å². The van der Waals surface area contributed by atoms with Crippen LogP contribution in [0.5, 0.6) is 5.75 Å². The highest BCUT2D eigenvalue weighted by atomic mass is 19.1. The van der Waals surface area contributed by atoms with Crippen molar-refractivity contribution in [3.05, 3.63) is 60.2 Å². The lowest BCUT2D eigenvalue weighted by Crippen LogP contribution is -2.33. The Morgan fingerprint density at radius 1 is 0.950 bits per heavy atom. The van der Waals surface area contributed by atoms with Gasteiger partial charge in [0.05, 0.1) is 5.69 Å². The Morgan fingerprint density at radius 3 is 2.10 bits per heavy atom. The number of benzene rings is 2. The predicted octanol–water partition coefficient (Wildman–Crippen LogP) is 2.49. The maximum absolute atomic E-state index is 12.7. The summed E-state index contributed by atoms with van der Waals surface area (Å²) in [6.45, 7) is -0.222. The molecule has 104 valence electrons. The van der Waals surface area contributed by atoms with Crippen LogP contribution in [-0.4, -0.2) is 12.5 Å². The fraction of sp³-hybridized carbons (Fsp3) is 0.0714. The lowest BCUT2D eigenvalue weighted by Gasteiger charge is -2.09. The second-order valence-corrected chi connectivity index (χ2v) is 3.92. The predicted molar refractivity (Wildman–Crippen MR) is 70.1 cm³/mol. The van der Waals surface area contributed by atoms with Gasteiger partial charge in [0.1, 0.15) is 17.4 Å². The molecule has 20 heavy (non-hydrogen) atoms. The molecule has 0 aliphatic carbocycles. The number of nitrogens with one attached hydrogen (secondary N) is 2. The first-order chi connectivity index (χ1) is 9.63. The number of ether oxygens (including phenoxy) is 1. The van der Waals surface area contributed by atoms with Gasteiger partial charge in [0, 0.05) is 0 Å². The van der Waals surface area contributed by atoms with E-state index < -0.39 is 5.91 Å². The zero-order valence-electron chi connectivity index (χ0n) is 10.4. The standard InChI is InChI=1S/C14H12F2N2O2/c15-10-1-5-12(6-2-10)17-18-14(19)9-20-13-7-3-11(16)4-8-13/h1-8,17H,9H2,(H,18,19). The third kappa shape index (κ3) is 4.24. The largest absolute Gasteiger partial charge is 0.484 e. The van der Waals surface area contributed by atoms with Crippen molar-refractivity contribution in [3.63, 3.8) is 0 Å². The molecule has 0 fully saturated rings. The number of halogens is 2. The van der Waals surface area contributed by atoms with Gasteiger partial charge in [-0.3, -0.25) is 15.6 Å². The molecule has 0 spiro atoms. The summed E-state index contributed by atoms with van der Waals surface area (Å²) in [5.41, 5.74) is 5.54. The first-order valence-corrected chi connectivity index (χ1v) is 5.82. The molecule has 2 aromatic rings. The van der Waals surface area contributed by atoms with E-state index in [2.05, 4.69) is 10.9 Å². The average molecular weight is 278 g/mol. The van der Waals surface area contributed by atoms with Gasteiger partial charge in [0.15, 0.2) is 6.61 Å². The van der Waals surface area contributed by atoms with Crippen molar-refractivity contribution in [2.75, 3.05) is 12.0 Å². The smallest absolute Gasteiger partial charge is 0.276 e. The van der Waals surface area contributed by atoms with E-state index in [1.165, 1.54) is 48.5 Å². The van der Waals surface area contributed by atoms with Crippen LogP contribution in [0.3, 0.4) is 0 Å². The fourth-order valence-corrected chi connectivity index (χ4v) is 1.39. The molecular formula is C14H12F2N2O2. The van der Waals surface area contributed by atoms with Gasteiger partial charge in [0.2, 0.25) is 0 Å². The topological polar surface area (TPSA) is 50.4 Å². The van der Waals surface area contributed by atoms with Gasteiger partial charge in [-0.1, -0.05) is 0 Å². The third-order valence-corrected chi connectivity index (χ3v) is 2.37. The number of hydrogen-bond acceptors (Lipinski definition) is 3. The van der Waals surface area contributed by atoms with Crippen molar-refractivity contribution in [3.8, 4) is 5.75 Å². The summed E-state index contributed by atoms with van der Waals surface area (Å²) in [5, 5.41) is 0. The summed E-state index contributed by atoms with van der Waals surface area (Å²) < 4.78 is 30.5. The second-order valence-electron chi connectivity index (χ2n) is 3.92. The van der Waals surface area contributed by atoms with Crippen molar-refractivity contribution in [2.45, 2.75) is 0 Å². The summed E-state index contributed by atoms with van der Waals surface area (Å²) in [6, 6.07) is 10.8. The molecule has 0 bridgehead atoms. The van der Waals surface area contributed by atoms with Gasteiger partial charge in [-0.15, -0.1) is 0 Å². The van der Waals surface area contributed by atoms with Crippen molar-refractivity contribution in [1.29, 1.82) is 0 Å². The van der Waals surface area contributed by atoms with Crippen LogP contribution in [0.4, 0.5) is 14.5 Å². The Morgan fingerprint density at radius 2 is 1.50 bits per heavy atom. The number of carbonyl (C=O) groups is 1. The van der Waals surface area contributed by atoms with Gasteiger partial charge in [-0.05, 0) is 48.5 Å². The molecule has 0 aromatic heterocycles. The van der Waals surface area contributed by atoms with E-state index in [-0.39, 0.29) is 18.2 Å². The normalized spacial score (nSPS) is 9.90. The van der Waals surface area contributed by atoms with Crippen LogP contribution in [-0.2, 0) is 4.79 Å². The molecule has 0 saturated heterocycles. The summed E-state index contributed by atoms with van der Waals surface area (Å²) in [7, 11) is 0. The Labute approximate surface area is 114 Å². The van der Waals surface area contributed by atoms with Crippen LogP contribution in [0.1, 0.15) is 0 Å². The van der Waals surface area contributed by atoms with E-state index >= 15 is 0 Å². The van der Waals surface area contributed by atoms with E-state index in [0.717, 1.165) is 0 Å². The molecule has 0 atom stereocenters. The van der Waals surface area contributed by atoms with E-state index in [9.17, 15) is 13.6 Å². The van der Waals surface area contributed by atoms with Crippen LogP contribution < -0.4 is 15.6 Å². The second kappa shape index (κ2) is 6.51.